The monoisotopic (exact) mass is 457 g/mol. The second-order valence-corrected chi connectivity index (χ2v) is 7.45. The van der Waals surface area contributed by atoms with Gasteiger partial charge in [0.1, 0.15) is 9.50 Å². The highest BCUT2D eigenvalue weighted by molar-refractivity contribution is 9.11. The van der Waals surface area contributed by atoms with E-state index in [1.54, 1.807) is 0 Å². The third-order valence-electron chi connectivity index (χ3n) is 2.45. The molecule has 21 heavy (non-hydrogen) atoms. The molecule has 0 bridgehead atoms. The molecule has 3 N–H and O–H groups in total. The summed E-state index contributed by atoms with van der Waals surface area (Å²) in [5, 5.41) is -0.0143. The molecule has 112 valence electrons. The van der Waals surface area contributed by atoms with Crippen LogP contribution in [0.15, 0.2) is 38.4 Å². The summed E-state index contributed by atoms with van der Waals surface area (Å²) in [6.45, 7) is 0. The van der Waals surface area contributed by atoms with Crippen molar-refractivity contribution in [2.75, 3.05) is 10.5 Å². The van der Waals surface area contributed by atoms with E-state index in [0.29, 0.717) is 0 Å². The van der Waals surface area contributed by atoms with E-state index in [4.69, 9.17) is 17.3 Å². The van der Waals surface area contributed by atoms with Crippen molar-refractivity contribution in [1.82, 2.24) is 4.98 Å². The maximum atomic E-state index is 14.1. The predicted molar refractivity (Wildman–Crippen MR) is 86.3 cm³/mol. The van der Waals surface area contributed by atoms with Gasteiger partial charge in [0.25, 0.3) is 10.0 Å². The Kier molecular flexibility index (Phi) is 4.76. The van der Waals surface area contributed by atoms with Crippen LogP contribution in [-0.4, -0.2) is 13.4 Å². The van der Waals surface area contributed by atoms with Gasteiger partial charge in [0.2, 0.25) is 0 Å². The fraction of sp³-hybridized carbons (Fsp3) is 0. The normalized spacial score (nSPS) is 11.4. The van der Waals surface area contributed by atoms with Crippen molar-refractivity contribution in [2.45, 2.75) is 4.90 Å². The number of aromatic nitrogens is 1. The molecule has 2 rings (SSSR count). The number of nitrogens with two attached hydrogens (primary N) is 1. The van der Waals surface area contributed by atoms with Gasteiger partial charge in [-0.25, -0.2) is 17.8 Å². The molecule has 0 amide bonds. The molecular formula is C11H7Br2ClFN3O2S. The standard InChI is InChI=1S/C11H7Br2ClFN3O2S/c12-8-5(14)4-7(9(15)10(8)16)21(19,20)18-6-2-1-3-17-11(6)13/h1-4,18H,16H2. The molecule has 1 aromatic heterocycles. The van der Waals surface area contributed by atoms with Crippen LogP contribution in [0.1, 0.15) is 0 Å². The number of benzene rings is 1. The van der Waals surface area contributed by atoms with Crippen molar-refractivity contribution in [3.8, 4) is 0 Å². The molecule has 0 aliphatic heterocycles. The van der Waals surface area contributed by atoms with Crippen LogP contribution < -0.4 is 10.5 Å². The zero-order valence-corrected chi connectivity index (χ0v) is 14.8. The van der Waals surface area contributed by atoms with E-state index in [2.05, 4.69) is 41.6 Å². The van der Waals surface area contributed by atoms with E-state index in [1.165, 1.54) is 18.3 Å². The third-order valence-corrected chi connectivity index (χ3v) is 5.83. The number of nitrogens with one attached hydrogen (secondary N) is 1. The molecule has 1 aromatic carbocycles. The predicted octanol–water partition coefficient (Wildman–Crippen LogP) is 3.78. The number of hydrogen-bond donors (Lipinski definition) is 2. The van der Waals surface area contributed by atoms with Crippen molar-refractivity contribution in [3.05, 3.63) is 44.3 Å². The van der Waals surface area contributed by atoms with Crippen molar-refractivity contribution >= 4 is 64.9 Å². The first-order valence-corrected chi connectivity index (χ1v) is 8.75. The first-order chi connectivity index (χ1) is 9.74. The van der Waals surface area contributed by atoms with E-state index in [0.717, 1.165) is 6.07 Å². The average Bonchev–Trinajstić information content (AvgIpc) is 2.42. The highest BCUT2D eigenvalue weighted by atomic mass is 79.9. The van der Waals surface area contributed by atoms with Gasteiger partial charge in [-0.05, 0) is 50.1 Å². The molecule has 0 fully saturated rings. The number of sulfonamides is 1. The molecule has 2 aromatic rings. The molecule has 0 saturated carbocycles. The highest BCUT2D eigenvalue weighted by Gasteiger charge is 2.25. The van der Waals surface area contributed by atoms with Gasteiger partial charge in [0.05, 0.1) is 20.9 Å². The molecular weight excluding hydrogens is 452 g/mol. The summed E-state index contributed by atoms with van der Waals surface area (Å²) in [5.41, 5.74) is 5.26. The maximum Gasteiger partial charge on any atom is 0.265 e. The third kappa shape index (κ3) is 3.31. The van der Waals surface area contributed by atoms with Gasteiger partial charge in [0, 0.05) is 6.20 Å². The summed E-state index contributed by atoms with van der Waals surface area (Å²) in [6, 6.07) is 3.97. The highest BCUT2D eigenvalue weighted by Crippen LogP contribution is 2.35. The number of hydrogen-bond acceptors (Lipinski definition) is 4. The van der Waals surface area contributed by atoms with Crippen molar-refractivity contribution < 1.29 is 12.8 Å². The van der Waals surface area contributed by atoms with Crippen LogP contribution in [0.5, 0.6) is 0 Å². The minimum absolute atomic E-state index is 0.0143. The van der Waals surface area contributed by atoms with Gasteiger partial charge in [-0.1, -0.05) is 11.6 Å². The molecule has 0 saturated heterocycles. The number of halogens is 4. The van der Waals surface area contributed by atoms with Crippen LogP contribution in [0.2, 0.25) is 5.02 Å². The Balaban J connectivity index is 2.53. The summed E-state index contributed by atoms with van der Waals surface area (Å²) in [7, 11) is -4.21. The Hall–Kier alpha value is -0.900. The number of pyridine rings is 1. The quantitative estimate of drug-likeness (QED) is 0.416. The van der Waals surface area contributed by atoms with Crippen LogP contribution in [0, 0.1) is 5.82 Å². The van der Waals surface area contributed by atoms with Crippen LogP contribution in [0.3, 0.4) is 0 Å². The molecule has 0 unspecified atom stereocenters. The van der Waals surface area contributed by atoms with Gasteiger partial charge < -0.3 is 5.73 Å². The van der Waals surface area contributed by atoms with E-state index >= 15 is 0 Å². The van der Waals surface area contributed by atoms with Gasteiger partial charge in [-0.15, -0.1) is 0 Å². The minimum atomic E-state index is -4.21. The number of nitrogens with zero attached hydrogens (tertiary/aromatic N) is 1. The summed E-state index contributed by atoms with van der Waals surface area (Å²) < 4.78 is 41.2. The Morgan fingerprint density at radius 3 is 2.67 bits per heavy atom. The average molecular weight is 460 g/mol. The van der Waals surface area contributed by atoms with E-state index in [9.17, 15) is 12.8 Å². The van der Waals surface area contributed by atoms with Crippen LogP contribution >= 0.6 is 43.5 Å². The fourth-order valence-electron chi connectivity index (χ4n) is 1.46. The lowest BCUT2D eigenvalue weighted by molar-refractivity contribution is 0.572. The van der Waals surface area contributed by atoms with Crippen molar-refractivity contribution in [3.63, 3.8) is 0 Å². The number of rotatable bonds is 3. The van der Waals surface area contributed by atoms with E-state index < -0.39 is 20.7 Å². The van der Waals surface area contributed by atoms with Gasteiger partial charge in [0.15, 0.2) is 5.82 Å². The summed E-state index contributed by atoms with van der Waals surface area (Å²) in [5.74, 6) is -1.08. The van der Waals surface area contributed by atoms with E-state index in [1.807, 2.05) is 0 Å². The van der Waals surface area contributed by atoms with Crippen LogP contribution in [0.4, 0.5) is 15.8 Å². The molecule has 0 aliphatic carbocycles. The van der Waals surface area contributed by atoms with E-state index in [-0.39, 0.29) is 25.5 Å². The summed E-state index contributed by atoms with van der Waals surface area (Å²) in [6.07, 6.45) is 1.47. The number of nitrogen functional groups attached to an aromatic ring is 1. The molecule has 0 radical (unpaired) electrons. The largest absolute Gasteiger partial charge is 0.395 e. The number of anilines is 2. The topological polar surface area (TPSA) is 85.1 Å². The van der Waals surface area contributed by atoms with Gasteiger partial charge in [-0.3, -0.25) is 4.72 Å². The van der Waals surface area contributed by atoms with Crippen molar-refractivity contribution in [2.24, 2.45) is 0 Å². The Morgan fingerprint density at radius 1 is 1.38 bits per heavy atom. The Bertz CT molecular complexity index is 817. The summed E-state index contributed by atoms with van der Waals surface area (Å²) >= 11 is 11.9. The van der Waals surface area contributed by atoms with Crippen LogP contribution in [0.25, 0.3) is 0 Å². The lowest BCUT2D eigenvalue weighted by Crippen LogP contribution is -2.16. The first-order valence-electron chi connectivity index (χ1n) is 5.30. The SMILES string of the molecule is Nc1c(F)c(S(=O)(=O)Nc2cccnc2Br)cc(Cl)c1Br. The van der Waals surface area contributed by atoms with Crippen molar-refractivity contribution in [1.29, 1.82) is 0 Å². The zero-order valence-electron chi connectivity index (χ0n) is 10.1. The Morgan fingerprint density at radius 2 is 2.05 bits per heavy atom. The maximum absolute atomic E-state index is 14.1. The molecule has 1 heterocycles. The van der Waals surface area contributed by atoms with Gasteiger partial charge in [-0.2, -0.15) is 0 Å². The fourth-order valence-corrected chi connectivity index (χ4v) is 3.68. The zero-order chi connectivity index (χ0) is 15.8. The van der Waals surface area contributed by atoms with Crippen LogP contribution in [-0.2, 0) is 10.0 Å². The second kappa shape index (κ2) is 6.07. The van der Waals surface area contributed by atoms with Gasteiger partial charge >= 0.3 is 0 Å². The first kappa shape index (κ1) is 16.5. The minimum Gasteiger partial charge on any atom is -0.395 e. The molecule has 10 heteroatoms. The lowest BCUT2D eigenvalue weighted by atomic mass is 10.3. The lowest BCUT2D eigenvalue weighted by Gasteiger charge is -2.12. The molecule has 0 atom stereocenters. The molecule has 0 aliphatic rings. The second-order valence-electron chi connectivity index (χ2n) is 3.85. The Labute approximate surface area is 142 Å². The molecule has 5 nitrogen and oxygen atoms in total. The molecule has 0 spiro atoms. The summed E-state index contributed by atoms with van der Waals surface area (Å²) in [4.78, 5) is 3.22. The smallest absolute Gasteiger partial charge is 0.265 e.